The Morgan fingerprint density at radius 3 is 2.80 bits per heavy atom. The van der Waals surface area contributed by atoms with Crippen molar-refractivity contribution in [2.24, 2.45) is 0 Å². The van der Waals surface area contributed by atoms with Gasteiger partial charge >= 0.3 is 0 Å². The molecule has 3 N–H and O–H groups in total. The van der Waals surface area contributed by atoms with Gasteiger partial charge in [-0.15, -0.1) is 0 Å². The average Bonchev–Trinajstić information content (AvgIpc) is 2.14. The van der Waals surface area contributed by atoms with Gasteiger partial charge in [0.25, 0.3) is 0 Å². The Morgan fingerprint density at radius 1 is 1.53 bits per heavy atom. The van der Waals surface area contributed by atoms with Crippen molar-refractivity contribution in [3.05, 3.63) is 23.0 Å². The first-order valence-electron chi connectivity index (χ1n) is 5.05. The minimum atomic E-state index is -0.483. The molecule has 0 aliphatic heterocycles. The lowest BCUT2D eigenvalue weighted by atomic mass is 10.1. The number of hydrogen-bond acceptors (Lipinski definition) is 2. The van der Waals surface area contributed by atoms with Gasteiger partial charge in [-0.05, 0) is 19.4 Å². The monoisotopic (exact) mass is 230 g/mol. The predicted molar refractivity (Wildman–Crippen MR) is 63.8 cm³/mol. The van der Waals surface area contributed by atoms with Gasteiger partial charge < -0.3 is 11.1 Å². The highest BCUT2D eigenvalue weighted by molar-refractivity contribution is 6.31. The number of halogens is 2. The zero-order chi connectivity index (χ0) is 11.4. The molecule has 0 fully saturated rings. The first-order chi connectivity index (χ1) is 7.04. The van der Waals surface area contributed by atoms with Gasteiger partial charge in [0.1, 0.15) is 5.82 Å². The summed E-state index contributed by atoms with van der Waals surface area (Å²) in [5, 5.41) is 3.30. The van der Waals surface area contributed by atoms with E-state index in [0.29, 0.717) is 17.4 Å². The van der Waals surface area contributed by atoms with Crippen LogP contribution in [0.4, 0.5) is 15.8 Å². The van der Waals surface area contributed by atoms with E-state index < -0.39 is 5.82 Å². The smallest absolute Gasteiger partial charge is 0.143 e. The summed E-state index contributed by atoms with van der Waals surface area (Å²) < 4.78 is 13.0. The van der Waals surface area contributed by atoms with Crippen molar-refractivity contribution in [2.45, 2.75) is 32.7 Å². The van der Waals surface area contributed by atoms with Crippen LogP contribution in [0.5, 0.6) is 0 Å². The molecule has 0 aromatic heterocycles. The standard InChI is InChI=1S/C11H16ClFN2/c1-3-4-7(2)15-11-5-8(12)9(13)6-10(11)14/h5-7,15H,3-4,14H2,1-2H3. The maximum atomic E-state index is 13.0. The van der Waals surface area contributed by atoms with Gasteiger partial charge in [0.15, 0.2) is 0 Å². The lowest BCUT2D eigenvalue weighted by molar-refractivity contribution is 0.628. The summed E-state index contributed by atoms with van der Waals surface area (Å²) in [5.41, 5.74) is 6.76. The second-order valence-electron chi connectivity index (χ2n) is 3.69. The van der Waals surface area contributed by atoms with E-state index in [9.17, 15) is 4.39 Å². The molecule has 0 bridgehead atoms. The van der Waals surface area contributed by atoms with E-state index in [4.69, 9.17) is 17.3 Å². The number of benzene rings is 1. The molecule has 1 aromatic carbocycles. The SMILES string of the molecule is CCCC(C)Nc1cc(Cl)c(F)cc1N. The molecule has 0 aliphatic carbocycles. The van der Waals surface area contributed by atoms with E-state index in [-0.39, 0.29) is 5.02 Å². The summed E-state index contributed by atoms with van der Waals surface area (Å²) in [6, 6.07) is 3.07. The number of nitrogens with two attached hydrogens (primary N) is 1. The van der Waals surface area contributed by atoms with E-state index in [1.165, 1.54) is 12.1 Å². The van der Waals surface area contributed by atoms with Crippen LogP contribution >= 0.6 is 11.6 Å². The topological polar surface area (TPSA) is 38.0 Å². The first kappa shape index (κ1) is 12.1. The maximum absolute atomic E-state index is 13.0. The van der Waals surface area contributed by atoms with Gasteiger partial charge in [-0.1, -0.05) is 24.9 Å². The van der Waals surface area contributed by atoms with E-state index in [2.05, 4.69) is 19.2 Å². The highest BCUT2D eigenvalue weighted by Crippen LogP contribution is 2.27. The number of nitrogen functional groups attached to an aromatic ring is 1. The predicted octanol–water partition coefficient (Wildman–Crippen LogP) is 3.66. The molecule has 0 spiro atoms. The molecule has 2 nitrogen and oxygen atoms in total. The van der Waals surface area contributed by atoms with Gasteiger partial charge in [0.2, 0.25) is 0 Å². The van der Waals surface area contributed by atoms with Crippen LogP contribution in [0.25, 0.3) is 0 Å². The van der Waals surface area contributed by atoms with Crippen LogP contribution in [0.2, 0.25) is 5.02 Å². The molecule has 84 valence electrons. The Bertz CT molecular complexity index is 342. The molecule has 0 aliphatic rings. The summed E-state index contributed by atoms with van der Waals surface area (Å²) in [7, 11) is 0. The second kappa shape index (κ2) is 5.21. The van der Waals surface area contributed by atoms with E-state index >= 15 is 0 Å². The molecule has 1 aromatic rings. The van der Waals surface area contributed by atoms with Crippen LogP contribution in [0.15, 0.2) is 12.1 Å². The third kappa shape index (κ3) is 3.27. The molecule has 0 heterocycles. The fraction of sp³-hybridized carbons (Fsp3) is 0.455. The molecule has 1 atom stereocenters. The highest BCUT2D eigenvalue weighted by atomic mass is 35.5. The molecule has 4 heteroatoms. The van der Waals surface area contributed by atoms with Gasteiger partial charge in [-0.3, -0.25) is 0 Å². The normalized spacial score (nSPS) is 12.5. The van der Waals surface area contributed by atoms with Gasteiger partial charge in [-0.2, -0.15) is 0 Å². The van der Waals surface area contributed by atoms with Crippen LogP contribution in [0, 0.1) is 5.82 Å². The summed E-state index contributed by atoms with van der Waals surface area (Å²) in [6.45, 7) is 4.17. The average molecular weight is 231 g/mol. The minimum Gasteiger partial charge on any atom is -0.397 e. The maximum Gasteiger partial charge on any atom is 0.143 e. The van der Waals surface area contributed by atoms with Crippen molar-refractivity contribution in [1.29, 1.82) is 0 Å². The first-order valence-corrected chi connectivity index (χ1v) is 5.43. The fourth-order valence-corrected chi connectivity index (χ4v) is 1.62. The van der Waals surface area contributed by atoms with E-state index in [0.717, 1.165) is 12.8 Å². The summed E-state index contributed by atoms with van der Waals surface area (Å²) >= 11 is 5.68. The summed E-state index contributed by atoms with van der Waals surface area (Å²) in [4.78, 5) is 0. The van der Waals surface area contributed by atoms with Crippen LogP contribution in [-0.2, 0) is 0 Å². The molecule has 0 saturated carbocycles. The van der Waals surface area contributed by atoms with Gasteiger partial charge in [0, 0.05) is 12.1 Å². The molecule has 0 radical (unpaired) electrons. The Hall–Kier alpha value is -0.960. The molecule has 15 heavy (non-hydrogen) atoms. The molecular formula is C11H16ClFN2. The minimum absolute atomic E-state index is 0.0930. The molecule has 0 amide bonds. The number of nitrogens with one attached hydrogen (secondary N) is 1. The lowest BCUT2D eigenvalue weighted by Crippen LogP contribution is -2.15. The Morgan fingerprint density at radius 2 is 2.20 bits per heavy atom. The zero-order valence-corrected chi connectivity index (χ0v) is 9.74. The Labute approximate surface area is 94.6 Å². The Kier molecular flexibility index (Phi) is 4.21. The molecule has 0 saturated heterocycles. The second-order valence-corrected chi connectivity index (χ2v) is 4.09. The van der Waals surface area contributed by atoms with Crippen LogP contribution in [0.3, 0.4) is 0 Å². The number of hydrogen-bond donors (Lipinski definition) is 2. The van der Waals surface area contributed by atoms with Crippen molar-refractivity contribution >= 4 is 23.0 Å². The van der Waals surface area contributed by atoms with Crippen molar-refractivity contribution in [3.8, 4) is 0 Å². The van der Waals surface area contributed by atoms with Crippen molar-refractivity contribution in [1.82, 2.24) is 0 Å². The van der Waals surface area contributed by atoms with Gasteiger partial charge in [-0.25, -0.2) is 4.39 Å². The van der Waals surface area contributed by atoms with Crippen molar-refractivity contribution in [2.75, 3.05) is 11.1 Å². The van der Waals surface area contributed by atoms with Crippen LogP contribution in [0.1, 0.15) is 26.7 Å². The number of anilines is 2. The quantitative estimate of drug-likeness (QED) is 0.775. The third-order valence-corrected chi connectivity index (χ3v) is 2.51. The summed E-state index contributed by atoms with van der Waals surface area (Å²) in [5.74, 6) is -0.483. The van der Waals surface area contributed by atoms with Crippen molar-refractivity contribution in [3.63, 3.8) is 0 Å². The van der Waals surface area contributed by atoms with E-state index in [1.54, 1.807) is 0 Å². The van der Waals surface area contributed by atoms with Crippen molar-refractivity contribution < 1.29 is 4.39 Å². The molecule has 1 rings (SSSR count). The zero-order valence-electron chi connectivity index (χ0n) is 8.98. The fourth-order valence-electron chi connectivity index (χ4n) is 1.46. The van der Waals surface area contributed by atoms with Crippen LogP contribution in [-0.4, -0.2) is 6.04 Å². The van der Waals surface area contributed by atoms with Crippen LogP contribution < -0.4 is 11.1 Å². The largest absolute Gasteiger partial charge is 0.397 e. The molecule has 1 unspecified atom stereocenters. The summed E-state index contributed by atoms with van der Waals surface area (Å²) in [6.07, 6.45) is 2.12. The third-order valence-electron chi connectivity index (χ3n) is 2.22. The molecular weight excluding hydrogens is 215 g/mol. The highest BCUT2D eigenvalue weighted by Gasteiger charge is 2.08. The van der Waals surface area contributed by atoms with E-state index in [1.807, 2.05) is 0 Å². The lowest BCUT2D eigenvalue weighted by Gasteiger charge is -2.16. The Balaban J connectivity index is 2.81. The number of rotatable bonds is 4. The van der Waals surface area contributed by atoms with Gasteiger partial charge in [0.05, 0.1) is 16.4 Å².